The fourth-order valence-corrected chi connectivity index (χ4v) is 1.38. The van der Waals surface area contributed by atoms with Gasteiger partial charge in [-0.25, -0.2) is 4.39 Å². The predicted octanol–water partition coefficient (Wildman–Crippen LogP) is 3.69. The van der Waals surface area contributed by atoms with Gasteiger partial charge >= 0.3 is 18.0 Å². The topological polar surface area (TPSA) is 29.5 Å². The molecule has 0 unspecified atom stereocenters. The molecular weight excluding hydrogens is 285 g/mol. The highest BCUT2D eigenvalue weighted by molar-refractivity contribution is 5.44. The van der Waals surface area contributed by atoms with Crippen LogP contribution in [0.3, 0.4) is 0 Å². The third-order valence-corrected chi connectivity index (χ3v) is 2.36. The van der Waals surface area contributed by atoms with Crippen LogP contribution in [0, 0.1) is 0 Å². The standard InChI is InChI=1S/C10H7F7O2/c1-19-7-4-5(2-3-6(7)18)8(11,9(12,13)14)10(15,16)17/h2-4,18H,1H3. The Labute approximate surface area is 102 Å². The van der Waals surface area contributed by atoms with Crippen LogP contribution in [0.4, 0.5) is 30.7 Å². The zero-order chi connectivity index (χ0) is 15.1. The summed E-state index contributed by atoms with van der Waals surface area (Å²) >= 11 is 0. The number of hydrogen-bond donors (Lipinski definition) is 1. The Morgan fingerprint density at radius 3 is 1.79 bits per heavy atom. The molecule has 2 nitrogen and oxygen atoms in total. The molecule has 1 aromatic carbocycles. The minimum absolute atomic E-state index is 0.149. The van der Waals surface area contributed by atoms with Gasteiger partial charge in [0.2, 0.25) is 0 Å². The second kappa shape index (κ2) is 4.46. The minimum atomic E-state index is -6.20. The number of phenolic OH excluding ortho intramolecular Hbond substituents is 1. The highest BCUT2D eigenvalue weighted by atomic mass is 19.4. The lowest BCUT2D eigenvalue weighted by Gasteiger charge is -2.30. The van der Waals surface area contributed by atoms with Crippen molar-refractivity contribution in [2.24, 2.45) is 0 Å². The fraction of sp³-hybridized carbons (Fsp3) is 0.400. The van der Waals surface area contributed by atoms with E-state index >= 15 is 0 Å². The maximum Gasteiger partial charge on any atom is 0.435 e. The second-order valence-electron chi connectivity index (χ2n) is 3.54. The third-order valence-electron chi connectivity index (χ3n) is 2.36. The van der Waals surface area contributed by atoms with Crippen molar-refractivity contribution in [3.63, 3.8) is 0 Å². The van der Waals surface area contributed by atoms with E-state index in [2.05, 4.69) is 4.74 Å². The molecule has 0 radical (unpaired) electrons. The molecule has 19 heavy (non-hydrogen) atoms. The Morgan fingerprint density at radius 1 is 0.947 bits per heavy atom. The Balaban J connectivity index is 3.52. The van der Waals surface area contributed by atoms with Crippen molar-refractivity contribution in [2.75, 3.05) is 7.11 Å². The van der Waals surface area contributed by atoms with Crippen LogP contribution in [0.1, 0.15) is 5.56 Å². The van der Waals surface area contributed by atoms with Gasteiger partial charge in [-0.3, -0.25) is 0 Å². The molecule has 0 aliphatic heterocycles. The molecule has 0 saturated carbocycles. The number of hydrogen-bond acceptors (Lipinski definition) is 2. The summed E-state index contributed by atoms with van der Waals surface area (Å²) in [6, 6.07) is 0.828. The van der Waals surface area contributed by atoms with Gasteiger partial charge in [0, 0.05) is 5.56 Å². The molecular formula is C10H7F7O2. The van der Waals surface area contributed by atoms with Crippen molar-refractivity contribution in [3.05, 3.63) is 23.8 Å². The molecule has 0 heterocycles. The normalized spacial score (nSPS) is 13.5. The van der Waals surface area contributed by atoms with Crippen LogP contribution in [0.15, 0.2) is 18.2 Å². The minimum Gasteiger partial charge on any atom is -0.504 e. The lowest BCUT2D eigenvalue weighted by molar-refractivity contribution is -0.348. The zero-order valence-electron chi connectivity index (χ0n) is 9.23. The number of alkyl halides is 7. The molecule has 0 aliphatic carbocycles. The highest BCUT2D eigenvalue weighted by Gasteiger charge is 2.73. The summed E-state index contributed by atoms with van der Waals surface area (Å²) in [6.07, 6.45) is -12.4. The summed E-state index contributed by atoms with van der Waals surface area (Å²) in [5.74, 6) is -1.41. The summed E-state index contributed by atoms with van der Waals surface area (Å²) in [7, 11) is 0.903. The third kappa shape index (κ3) is 2.41. The summed E-state index contributed by atoms with van der Waals surface area (Å²) in [4.78, 5) is 0. The number of phenols is 1. The van der Waals surface area contributed by atoms with Crippen LogP contribution in [-0.4, -0.2) is 24.6 Å². The van der Waals surface area contributed by atoms with Crippen molar-refractivity contribution in [1.82, 2.24) is 0 Å². The van der Waals surface area contributed by atoms with Crippen molar-refractivity contribution in [1.29, 1.82) is 0 Å². The Morgan fingerprint density at radius 2 is 1.42 bits per heavy atom. The van der Waals surface area contributed by atoms with Crippen molar-refractivity contribution in [2.45, 2.75) is 18.0 Å². The largest absolute Gasteiger partial charge is 0.504 e. The van der Waals surface area contributed by atoms with Gasteiger partial charge in [-0.1, -0.05) is 6.07 Å². The molecule has 0 amide bonds. The second-order valence-corrected chi connectivity index (χ2v) is 3.54. The van der Waals surface area contributed by atoms with E-state index in [0.717, 1.165) is 7.11 Å². The molecule has 1 N–H and O–H groups in total. The first kappa shape index (κ1) is 15.4. The van der Waals surface area contributed by atoms with E-state index in [9.17, 15) is 30.7 Å². The van der Waals surface area contributed by atoms with Gasteiger partial charge in [-0.15, -0.1) is 0 Å². The molecule has 108 valence electrons. The van der Waals surface area contributed by atoms with Crippen molar-refractivity contribution in [3.8, 4) is 11.5 Å². The van der Waals surface area contributed by atoms with Crippen LogP contribution in [0.25, 0.3) is 0 Å². The molecule has 9 heteroatoms. The quantitative estimate of drug-likeness (QED) is 0.842. The number of benzene rings is 1. The van der Waals surface area contributed by atoms with E-state index in [1.54, 1.807) is 0 Å². The Bertz CT molecular complexity index is 450. The molecule has 0 spiro atoms. The van der Waals surface area contributed by atoms with Gasteiger partial charge in [-0.05, 0) is 12.1 Å². The predicted molar refractivity (Wildman–Crippen MR) is 49.6 cm³/mol. The van der Waals surface area contributed by atoms with Gasteiger partial charge in [0.25, 0.3) is 0 Å². The van der Waals surface area contributed by atoms with E-state index in [4.69, 9.17) is 5.11 Å². The first-order valence-corrected chi connectivity index (χ1v) is 4.65. The number of methoxy groups -OCH3 is 1. The summed E-state index contributed by atoms with van der Waals surface area (Å²) in [5.41, 5.74) is -7.26. The maximum absolute atomic E-state index is 13.6. The fourth-order valence-electron chi connectivity index (χ4n) is 1.38. The van der Waals surface area contributed by atoms with Gasteiger partial charge in [-0.2, -0.15) is 26.3 Å². The lowest BCUT2D eigenvalue weighted by atomic mass is 9.94. The first-order valence-electron chi connectivity index (χ1n) is 4.65. The Kier molecular flexibility index (Phi) is 3.61. The van der Waals surface area contributed by atoms with Gasteiger partial charge in [0.05, 0.1) is 7.11 Å². The monoisotopic (exact) mass is 292 g/mol. The summed E-state index contributed by atoms with van der Waals surface area (Å²) < 4.78 is 92.5. The van der Waals surface area contributed by atoms with Crippen molar-refractivity contribution < 1.29 is 40.6 Å². The van der Waals surface area contributed by atoms with E-state index < -0.39 is 35.1 Å². The zero-order valence-corrected chi connectivity index (χ0v) is 9.23. The van der Waals surface area contributed by atoms with Crippen LogP contribution in [0.5, 0.6) is 11.5 Å². The van der Waals surface area contributed by atoms with Crippen LogP contribution in [0.2, 0.25) is 0 Å². The van der Waals surface area contributed by atoms with E-state index in [1.165, 1.54) is 0 Å². The smallest absolute Gasteiger partial charge is 0.435 e. The molecule has 0 fully saturated rings. The molecule has 0 saturated heterocycles. The van der Waals surface area contributed by atoms with Gasteiger partial charge in [0.15, 0.2) is 11.5 Å². The van der Waals surface area contributed by atoms with Gasteiger partial charge in [0.1, 0.15) is 0 Å². The average Bonchev–Trinajstić information content (AvgIpc) is 2.25. The molecule has 0 bridgehead atoms. The lowest BCUT2D eigenvalue weighted by Crippen LogP contribution is -2.50. The number of rotatable bonds is 2. The molecule has 1 rings (SSSR count). The maximum atomic E-state index is 13.6. The van der Waals surface area contributed by atoms with Crippen LogP contribution in [-0.2, 0) is 5.67 Å². The number of aromatic hydroxyl groups is 1. The van der Waals surface area contributed by atoms with E-state index in [0.29, 0.717) is 6.07 Å². The highest BCUT2D eigenvalue weighted by Crippen LogP contribution is 2.54. The first-order chi connectivity index (χ1) is 8.45. The summed E-state index contributed by atoms with van der Waals surface area (Å²) in [6.45, 7) is 0. The Hall–Kier alpha value is -1.67. The summed E-state index contributed by atoms with van der Waals surface area (Å²) in [5, 5.41) is 9.10. The molecule has 0 aromatic heterocycles. The van der Waals surface area contributed by atoms with Crippen LogP contribution >= 0.6 is 0 Å². The van der Waals surface area contributed by atoms with E-state index in [1.807, 2.05) is 0 Å². The average molecular weight is 292 g/mol. The number of ether oxygens (including phenoxy) is 1. The number of halogens is 7. The van der Waals surface area contributed by atoms with E-state index in [-0.39, 0.29) is 12.1 Å². The van der Waals surface area contributed by atoms with Crippen molar-refractivity contribution >= 4 is 0 Å². The molecule has 0 aliphatic rings. The molecule has 0 atom stereocenters. The SMILES string of the molecule is COc1cc(C(F)(C(F)(F)F)C(F)(F)F)ccc1O. The van der Waals surface area contributed by atoms with Gasteiger partial charge < -0.3 is 9.84 Å². The molecule has 1 aromatic rings. The van der Waals surface area contributed by atoms with Crippen LogP contribution < -0.4 is 4.74 Å².